The summed E-state index contributed by atoms with van der Waals surface area (Å²) in [5.41, 5.74) is 2.65. The number of carbonyl (C=O) groups excluding carboxylic acids is 1. The molecule has 4 heterocycles. The van der Waals surface area contributed by atoms with Gasteiger partial charge in [-0.1, -0.05) is 30.3 Å². The van der Waals surface area contributed by atoms with Gasteiger partial charge in [0.2, 0.25) is 5.95 Å². The van der Waals surface area contributed by atoms with Gasteiger partial charge < -0.3 is 15.1 Å². The van der Waals surface area contributed by atoms with Gasteiger partial charge in [-0.2, -0.15) is 0 Å². The smallest absolute Gasteiger partial charge is 0.257 e. The van der Waals surface area contributed by atoms with Crippen LogP contribution in [0, 0.1) is 18.8 Å². The second-order valence-corrected chi connectivity index (χ2v) is 8.61. The Morgan fingerprint density at radius 1 is 1.06 bits per heavy atom. The van der Waals surface area contributed by atoms with Crippen molar-refractivity contribution in [2.45, 2.75) is 32.2 Å². The summed E-state index contributed by atoms with van der Waals surface area (Å²) in [6.45, 7) is 6.71. The fourth-order valence-electron chi connectivity index (χ4n) is 5.27. The number of hydrogen-bond acceptors (Lipinski definition) is 5. The molecule has 1 N–H and O–H groups in total. The first kappa shape index (κ1) is 23.8. The number of benzene rings is 1. The molecule has 3 aliphatic rings. The van der Waals surface area contributed by atoms with Gasteiger partial charge in [-0.15, -0.1) is 24.8 Å². The van der Waals surface area contributed by atoms with E-state index in [1.165, 1.54) is 24.8 Å². The van der Waals surface area contributed by atoms with E-state index in [-0.39, 0.29) is 36.8 Å². The molecule has 0 spiro atoms. The standard InChI is InChI=1S/C23H29N5O.2ClH/c1-16-19(14-25-23(26-16)27-10-6-3-7-11-27)22(29)28-15-18-12-24-13-20(18)21(28)17-8-4-2-5-9-17;;/h2,4-5,8-9,14,18,20-21,24H,3,6-7,10-13,15H2,1H3;2*1H/t18-,20-,21+;;/m0../s1. The van der Waals surface area contributed by atoms with Crippen molar-refractivity contribution >= 4 is 36.7 Å². The Hall–Kier alpha value is -1.89. The highest BCUT2D eigenvalue weighted by Gasteiger charge is 2.47. The lowest BCUT2D eigenvalue weighted by Crippen LogP contribution is -2.36. The van der Waals surface area contributed by atoms with E-state index < -0.39 is 0 Å². The molecule has 3 saturated heterocycles. The number of aryl methyl sites for hydroxylation is 1. The van der Waals surface area contributed by atoms with E-state index in [1.54, 1.807) is 6.20 Å². The second kappa shape index (κ2) is 10.2. The number of hydrogen-bond donors (Lipinski definition) is 1. The van der Waals surface area contributed by atoms with Gasteiger partial charge in [0, 0.05) is 44.8 Å². The molecule has 1 aromatic carbocycles. The summed E-state index contributed by atoms with van der Waals surface area (Å²) >= 11 is 0. The van der Waals surface area contributed by atoms with Crippen LogP contribution in [0.25, 0.3) is 0 Å². The first-order valence-corrected chi connectivity index (χ1v) is 10.9. The monoisotopic (exact) mass is 463 g/mol. The quantitative estimate of drug-likeness (QED) is 0.752. The highest BCUT2D eigenvalue weighted by Crippen LogP contribution is 2.43. The summed E-state index contributed by atoms with van der Waals surface area (Å²) in [6.07, 6.45) is 5.40. The van der Waals surface area contributed by atoms with Gasteiger partial charge >= 0.3 is 0 Å². The third kappa shape index (κ3) is 4.52. The number of anilines is 1. The molecule has 3 fully saturated rings. The lowest BCUT2D eigenvalue weighted by molar-refractivity contribution is 0.0712. The molecule has 1 aromatic heterocycles. The van der Waals surface area contributed by atoms with Crippen molar-refractivity contribution in [1.82, 2.24) is 20.2 Å². The van der Waals surface area contributed by atoms with Crippen LogP contribution in [0.3, 0.4) is 0 Å². The molecule has 2 aromatic rings. The van der Waals surface area contributed by atoms with Crippen molar-refractivity contribution < 1.29 is 4.79 Å². The van der Waals surface area contributed by atoms with Crippen LogP contribution in [-0.2, 0) is 0 Å². The number of amides is 1. The Morgan fingerprint density at radius 2 is 1.81 bits per heavy atom. The van der Waals surface area contributed by atoms with Crippen LogP contribution < -0.4 is 10.2 Å². The Morgan fingerprint density at radius 3 is 2.52 bits per heavy atom. The van der Waals surface area contributed by atoms with Crippen LogP contribution in [0.4, 0.5) is 5.95 Å². The number of carbonyl (C=O) groups is 1. The van der Waals surface area contributed by atoms with Crippen molar-refractivity contribution in [3.05, 3.63) is 53.3 Å². The predicted molar refractivity (Wildman–Crippen MR) is 127 cm³/mol. The van der Waals surface area contributed by atoms with E-state index in [2.05, 4.69) is 44.4 Å². The van der Waals surface area contributed by atoms with Gasteiger partial charge in [0.15, 0.2) is 0 Å². The second-order valence-electron chi connectivity index (χ2n) is 8.61. The van der Waals surface area contributed by atoms with Crippen molar-refractivity contribution in [3.63, 3.8) is 0 Å². The topological polar surface area (TPSA) is 61.4 Å². The minimum atomic E-state index is 0. The molecule has 5 rings (SSSR count). The Labute approximate surface area is 196 Å². The molecular weight excluding hydrogens is 433 g/mol. The lowest BCUT2D eigenvalue weighted by atomic mass is 9.89. The van der Waals surface area contributed by atoms with Crippen molar-refractivity contribution in [2.75, 3.05) is 37.6 Å². The third-order valence-electron chi connectivity index (χ3n) is 6.80. The zero-order valence-corrected chi connectivity index (χ0v) is 19.5. The number of nitrogens with one attached hydrogen (secondary N) is 1. The summed E-state index contributed by atoms with van der Waals surface area (Å²) in [7, 11) is 0. The van der Waals surface area contributed by atoms with Crippen molar-refractivity contribution in [2.24, 2.45) is 11.8 Å². The number of rotatable bonds is 3. The van der Waals surface area contributed by atoms with E-state index in [9.17, 15) is 4.79 Å². The maximum Gasteiger partial charge on any atom is 0.257 e. The molecule has 3 aliphatic heterocycles. The van der Waals surface area contributed by atoms with Crippen LogP contribution >= 0.6 is 24.8 Å². The SMILES string of the molecule is Cc1nc(N2CCCCC2)ncc1C(=O)N1C[C@@H]2CNC[C@@H]2[C@H]1c1ccccc1.Cl.Cl. The van der Waals surface area contributed by atoms with Crippen LogP contribution in [-0.4, -0.2) is 53.5 Å². The van der Waals surface area contributed by atoms with Gasteiger partial charge in [-0.3, -0.25) is 4.79 Å². The molecule has 0 radical (unpaired) electrons. The minimum Gasteiger partial charge on any atom is -0.341 e. The van der Waals surface area contributed by atoms with Gasteiger partial charge in [-0.25, -0.2) is 9.97 Å². The average molecular weight is 464 g/mol. The van der Waals surface area contributed by atoms with E-state index in [4.69, 9.17) is 4.98 Å². The molecular formula is C23H31Cl2N5O. The van der Waals surface area contributed by atoms with E-state index in [0.717, 1.165) is 44.4 Å². The number of halogens is 2. The number of fused-ring (bicyclic) bond motifs is 1. The molecule has 0 bridgehead atoms. The number of aromatic nitrogens is 2. The van der Waals surface area contributed by atoms with Crippen LogP contribution in [0.5, 0.6) is 0 Å². The van der Waals surface area contributed by atoms with Crippen molar-refractivity contribution in [3.8, 4) is 0 Å². The fourth-order valence-corrected chi connectivity index (χ4v) is 5.27. The van der Waals surface area contributed by atoms with Gasteiger partial charge in [0.25, 0.3) is 5.91 Å². The lowest BCUT2D eigenvalue weighted by Gasteiger charge is -2.29. The molecule has 0 aliphatic carbocycles. The maximum atomic E-state index is 13.6. The first-order chi connectivity index (χ1) is 14.2. The first-order valence-electron chi connectivity index (χ1n) is 10.9. The van der Waals surface area contributed by atoms with E-state index in [1.807, 2.05) is 13.0 Å². The molecule has 31 heavy (non-hydrogen) atoms. The number of piperidine rings is 1. The Kier molecular flexibility index (Phi) is 7.78. The highest BCUT2D eigenvalue weighted by atomic mass is 35.5. The largest absolute Gasteiger partial charge is 0.341 e. The summed E-state index contributed by atoms with van der Waals surface area (Å²) in [4.78, 5) is 27.2. The van der Waals surface area contributed by atoms with Gasteiger partial charge in [0.05, 0.1) is 17.3 Å². The summed E-state index contributed by atoms with van der Waals surface area (Å²) in [5, 5.41) is 3.51. The zero-order chi connectivity index (χ0) is 19.8. The molecule has 0 unspecified atom stereocenters. The van der Waals surface area contributed by atoms with Crippen LogP contribution in [0.2, 0.25) is 0 Å². The molecule has 1 amide bonds. The Bertz CT molecular complexity index is 891. The van der Waals surface area contributed by atoms with Gasteiger partial charge in [0.1, 0.15) is 0 Å². The van der Waals surface area contributed by atoms with Crippen LogP contribution in [0.15, 0.2) is 36.5 Å². The zero-order valence-electron chi connectivity index (χ0n) is 17.9. The molecule has 8 heteroatoms. The Balaban J connectivity index is 0.00000136. The molecule has 0 saturated carbocycles. The summed E-state index contributed by atoms with van der Waals surface area (Å²) in [6, 6.07) is 10.6. The molecule has 6 nitrogen and oxygen atoms in total. The summed E-state index contributed by atoms with van der Waals surface area (Å²) < 4.78 is 0. The maximum absolute atomic E-state index is 13.6. The van der Waals surface area contributed by atoms with E-state index in [0.29, 0.717) is 17.4 Å². The highest BCUT2D eigenvalue weighted by molar-refractivity contribution is 5.95. The van der Waals surface area contributed by atoms with Gasteiger partial charge in [-0.05, 0) is 37.7 Å². The minimum absolute atomic E-state index is 0. The average Bonchev–Trinajstić information content (AvgIpc) is 3.36. The van der Waals surface area contributed by atoms with Crippen molar-refractivity contribution in [1.29, 1.82) is 0 Å². The number of nitrogens with zero attached hydrogens (tertiary/aromatic N) is 4. The fraction of sp³-hybridized carbons (Fsp3) is 0.522. The molecule has 3 atom stereocenters. The predicted octanol–water partition coefficient (Wildman–Crippen LogP) is 3.65. The van der Waals surface area contributed by atoms with E-state index >= 15 is 0 Å². The third-order valence-corrected chi connectivity index (χ3v) is 6.80. The van der Waals surface area contributed by atoms with Crippen LogP contribution in [0.1, 0.15) is 46.9 Å². The normalized spacial score (nSPS) is 24.9. The summed E-state index contributed by atoms with van der Waals surface area (Å²) in [5.74, 6) is 1.81. The molecule has 168 valence electrons. The number of likely N-dealkylation sites (tertiary alicyclic amines) is 1.